The molecule has 1 heterocycles. The van der Waals surface area contributed by atoms with Crippen molar-refractivity contribution >= 4 is 0 Å². The lowest BCUT2D eigenvalue weighted by atomic mass is 9.99. The number of rotatable bonds is 2. The number of hydrazine groups is 1. The third kappa shape index (κ3) is 3.18. The van der Waals surface area contributed by atoms with Gasteiger partial charge in [0.2, 0.25) is 0 Å². The molecule has 0 aromatic heterocycles. The van der Waals surface area contributed by atoms with Crippen molar-refractivity contribution in [1.82, 2.24) is 9.91 Å². The maximum absolute atomic E-state index is 5.72. The van der Waals surface area contributed by atoms with Crippen LogP contribution in [-0.2, 0) is 0 Å². The first kappa shape index (κ1) is 8.97. The van der Waals surface area contributed by atoms with Gasteiger partial charge in [0.1, 0.15) is 0 Å². The highest BCUT2D eigenvalue weighted by atomic mass is 15.4. The van der Waals surface area contributed by atoms with Gasteiger partial charge < -0.3 is 4.90 Å². The molecule has 0 aromatic carbocycles. The molecule has 1 rings (SSSR count). The molecule has 1 atom stereocenters. The highest BCUT2D eigenvalue weighted by Gasteiger charge is 2.17. The molecule has 3 nitrogen and oxygen atoms in total. The molecule has 0 unspecified atom stereocenters. The molecule has 66 valence electrons. The quantitative estimate of drug-likeness (QED) is 0.578. The Bertz CT molecular complexity index is 112. The van der Waals surface area contributed by atoms with Crippen molar-refractivity contribution < 1.29 is 0 Å². The highest BCUT2D eigenvalue weighted by Crippen LogP contribution is 2.13. The topological polar surface area (TPSA) is 32.5 Å². The normalized spacial score (nSPS) is 27.8. The Morgan fingerprint density at radius 2 is 2.27 bits per heavy atom. The average Bonchev–Trinajstić information content (AvgIpc) is 1.85. The number of nitrogens with zero attached hydrogens (tertiary/aromatic N) is 2. The summed E-state index contributed by atoms with van der Waals surface area (Å²) in [4.78, 5) is 2.24. The van der Waals surface area contributed by atoms with E-state index in [-0.39, 0.29) is 0 Å². The van der Waals surface area contributed by atoms with Crippen LogP contribution in [0.5, 0.6) is 0 Å². The van der Waals surface area contributed by atoms with Crippen molar-refractivity contribution in [3.8, 4) is 0 Å². The summed E-state index contributed by atoms with van der Waals surface area (Å²) in [5, 5.41) is 1.94. The second-order valence-electron chi connectivity index (χ2n) is 3.77. The van der Waals surface area contributed by atoms with Gasteiger partial charge in [-0.05, 0) is 32.9 Å². The van der Waals surface area contributed by atoms with Crippen LogP contribution in [0.2, 0.25) is 0 Å². The highest BCUT2D eigenvalue weighted by molar-refractivity contribution is 4.70. The summed E-state index contributed by atoms with van der Waals surface area (Å²) >= 11 is 0. The number of nitrogens with two attached hydrogens (primary N) is 1. The predicted octanol–water partition coefficient (Wildman–Crippen LogP) is 0.134. The molecule has 11 heavy (non-hydrogen) atoms. The lowest BCUT2D eigenvalue weighted by Crippen LogP contribution is -2.43. The van der Waals surface area contributed by atoms with Gasteiger partial charge in [-0.3, -0.25) is 5.84 Å². The minimum absolute atomic E-state index is 0.781. The lowest BCUT2D eigenvalue weighted by molar-refractivity contribution is 0.153. The molecule has 0 amide bonds. The van der Waals surface area contributed by atoms with Crippen LogP contribution in [0, 0.1) is 5.92 Å². The Hall–Kier alpha value is -0.120. The largest absolute Gasteiger partial charge is 0.309 e. The molecule has 3 heteroatoms. The first-order chi connectivity index (χ1) is 5.18. The van der Waals surface area contributed by atoms with E-state index in [0.29, 0.717) is 0 Å². The monoisotopic (exact) mass is 157 g/mol. The first-order valence-electron chi connectivity index (χ1n) is 4.33. The molecule has 0 radical (unpaired) electrons. The third-order valence-corrected chi connectivity index (χ3v) is 2.17. The van der Waals surface area contributed by atoms with Crippen molar-refractivity contribution in [2.75, 3.05) is 33.7 Å². The predicted molar refractivity (Wildman–Crippen MR) is 47.0 cm³/mol. The van der Waals surface area contributed by atoms with Gasteiger partial charge in [-0.15, -0.1) is 0 Å². The van der Waals surface area contributed by atoms with Crippen molar-refractivity contribution in [3.05, 3.63) is 0 Å². The van der Waals surface area contributed by atoms with Gasteiger partial charge in [-0.1, -0.05) is 0 Å². The fourth-order valence-electron chi connectivity index (χ4n) is 1.76. The van der Waals surface area contributed by atoms with Crippen LogP contribution in [0.4, 0.5) is 0 Å². The first-order valence-corrected chi connectivity index (χ1v) is 4.33. The summed E-state index contributed by atoms with van der Waals surface area (Å²) in [6, 6.07) is 0. The molecule has 0 aromatic rings. The molecule has 1 fully saturated rings. The third-order valence-electron chi connectivity index (χ3n) is 2.17. The van der Waals surface area contributed by atoms with E-state index in [2.05, 4.69) is 19.0 Å². The molecule has 1 aliphatic heterocycles. The zero-order valence-corrected chi connectivity index (χ0v) is 7.58. The Balaban J connectivity index is 2.23. The standard InChI is InChI=1S/C8H19N3/c1-10(2)6-8-4-3-5-11(9)7-8/h8H,3-7,9H2,1-2H3/t8-/m0/s1. The Morgan fingerprint density at radius 1 is 1.55 bits per heavy atom. The van der Waals surface area contributed by atoms with Crippen molar-refractivity contribution in [2.45, 2.75) is 12.8 Å². The Morgan fingerprint density at radius 3 is 2.82 bits per heavy atom. The van der Waals surface area contributed by atoms with Gasteiger partial charge in [0.15, 0.2) is 0 Å². The SMILES string of the molecule is CN(C)C[C@@H]1CCCN(N)C1. The van der Waals surface area contributed by atoms with E-state index < -0.39 is 0 Å². The molecule has 2 N–H and O–H groups in total. The Labute approximate surface area is 69.1 Å². The van der Waals surface area contributed by atoms with Crippen LogP contribution < -0.4 is 5.84 Å². The van der Waals surface area contributed by atoms with E-state index in [1.54, 1.807) is 0 Å². The van der Waals surface area contributed by atoms with Crippen molar-refractivity contribution in [3.63, 3.8) is 0 Å². The van der Waals surface area contributed by atoms with Crippen LogP contribution in [0.3, 0.4) is 0 Å². The van der Waals surface area contributed by atoms with Crippen molar-refractivity contribution in [2.24, 2.45) is 11.8 Å². The summed E-state index contributed by atoms with van der Waals surface area (Å²) in [7, 11) is 4.24. The second kappa shape index (κ2) is 4.04. The van der Waals surface area contributed by atoms with Crippen molar-refractivity contribution in [1.29, 1.82) is 0 Å². The minimum Gasteiger partial charge on any atom is -0.309 e. The molecule has 0 bridgehead atoms. The zero-order chi connectivity index (χ0) is 8.27. The molecule has 1 aliphatic rings. The van der Waals surface area contributed by atoms with Gasteiger partial charge in [0.05, 0.1) is 0 Å². The number of piperidine rings is 1. The maximum Gasteiger partial charge on any atom is 0.0169 e. The molecular weight excluding hydrogens is 138 g/mol. The van der Waals surface area contributed by atoms with Gasteiger partial charge >= 0.3 is 0 Å². The van der Waals surface area contributed by atoms with Gasteiger partial charge in [0, 0.05) is 19.6 Å². The van der Waals surface area contributed by atoms with Crippen LogP contribution in [-0.4, -0.2) is 43.6 Å². The van der Waals surface area contributed by atoms with E-state index in [9.17, 15) is 0 Å². The fourth-order valence-corrected chi connectivity index (χ4v) is 1.76. The van der Waals surface area contributed by atoms with Gasteiger partial charge in [-0.25, -0.2) is 5.01 Å². The molecule has 0 aliphatic carbocycles. The van der Waals surface area contributed by atoms with E-state index in [0.717, 1.165) is 19.0 Å². The van der Waals surface area contributed by atoms with E-state index in [1.165, 1.54) is 19.4 Å². The van der Waals surface area contributed by atoms with Crippen LogP contribution in [0.1, 0.15) is 12.8 Å². The van der Waals surface area contributed by atoms with Crippen LogP contribution in [0.25, 0.3) is 0 Å². The van der Waals surface area contributed by atoms with E-state index >= 15 is 0 Å². The molecule has 0 saturated carbocycles. The lowest BCUT2D eigenvalue weighted by Gasteiger charge is -2.30. The zero-order valence-electron chi connectivity index (χ0n) is 7.58. The molecule has 0 spiro atoms. The Kier molecular flexibility index (Phi) is 3.30. The number of hydrogen-bond acceptors (Lipinski definition) is 3. The van der Waals surface area contributed by atoms with Crippen LogP contribution in [0.15, 0.2) is 0 Å². The van der Waals surface area contributed by atoms with Crippen LogP contribution >= 0.6 is 0 Å². The summed E-state index contributed by atoms with van der Waals surface area (Å²) in [5.74, 6) is 6.50. The van der Waals surface area contributed by atoms with E-state index in [4.69, 9.17) is 5.84 Å². The summed E-state index contributed by atoms with van der Waals surface area (Å²) in [6.07, 6.45) is 2.60. The molecule has 1 saturated heterocycles. The minimum atomic E-state index is 0.781. The van der Waals surface area contributed by atoms with Gasteiger partial charge in [0.25, 0.3) is 0 Å². The second-order valence-corrected chi connectivity index (χ2v) is 3.77. The smallest absolute Gasteiger partial charge is 0.0169 e. The maximum atomic E-state index is 5.72. The fraction of sp³-hybridized carbons (Fsp3) is 1.00. The summed E-state index contributed by atoms with van der Waals surface area (Å²) in [6.45, 7) is 3.32. The summed E-state index contributed by atoms with van der Waals surface area (Å²) in [5.41, 5.74) is 0. The summed E-state index contributed by atoms with van der Waals surface area (Å²) < 4.78 is 0. The average molecular weight is 157 g/mol. The van der Waals surface area contributed by atoms with E-state index in [1.807, 2.05) is 5.01 Å². The number of hydrogen-bond donors (Lipinski definition) is 1. The van der Waals surface area contributed by atoms with Gasteiger partial charge in [-0.2, -0.15) is 0 Å². The molecular formula is C8H19N3.